The maximum absolute atomic E-state index is 12.7. The Hall–Kier alpha value is -2.57. The Morgan fingerprint density at radius 1 is 1.07 bits per heavy atom. The molecule has 0 unspecified atom stereocenters. The van der Waals surface area contributed by atoms with E-state index in [0.717, 1.165) is 44.2 Å². The number of carbonyl (C=O) groups is 1. The summed E-state index contributed by atoms with van der Waals surface area (Å²) in [5.41, 5.74) is 3.46. The molecular formula is C22H29N3O3+2. The maximum atomic E-state index is 12.7. The summed E-state index contributed by atoms with van der Waals surface area (Å²) in [7, 11) is 0. The first-order chi connectivity index (χ1) is 13.6. The van der Waals surface area contributed by atoms with E-state index >= 15 is 0 Å². The van der Waals surface area contributed by atoms with Gasteiger partial charge in [0.15, 0.2) is 17.5 Å². The topological polar surface area (TPSA) is 56.4 Å². The second kappa shape index (κ2) is 8.20. The van der Waals surface area contributed by atoms with Gasteiger partial charge >= 0.3 is 0 Å². The predicted molar refractivity (Wildman–Crippen MR) is 107 cm³/mol. The van der Waals surface area contributed by atoms with Gasteiger partial charge < -0.3 is 24.6 Å². The monoisotopic (exact) mass is 383 g/mol. The molecule has 0 saturated carbocycles. The maximum Gasteiger partial charge on any atom is 0.282 e. The summed E-state index contributed by atoms with van der Waals surface area (Å²) in [6.45, 7) is 9.66. The number of nitrogens with one attached hydrogen (secondary N) is 3. The first-order valence-corrected chi connectivity index (χ1v) is 10.0. The highest BCUT2D eigenvalue weighted by molar-refractivity contribution is 5.93. The van der Waals surface area contributed by atoms with Crippen LogP contribution < -0.4 is 24.6 Å². The summed E-state index contributed by atoms with van der Waals surface area (Å²) < 4.78 is 10.7. The molecule has 2 aromatic carbocycles. The van der Waals surface area contributed by atoms with Crippen LogP contribution in [0.25, 0.3) is 0 Å². The molecule has 3 N–H and O–H groups in total. The molecule has 2 aromatic rings. The minimum absolute atomic E-state index is 0.0519. The zero-order valence-electron chi connectivity index (χ0n) is 16.6. The molecular weight excluding hydrogens is 354 g/mol. The number of hydrogen-bond acceptors (Lipinski definition) is 3. The number of aryl methyl sites for hydroxylation is 1. The van der Waals surface area contributed by atoms with Crippen LogP contribution in [0.4, 0.5) is 5.69 Å². The number of amides is 1. The van der Waals surface area contributed by atoms with Crippen molar-refractivity contribution in [2.75, 3.05) is 38.3 Å². The van der Waals surface area contributed by atoms with E-state index < -0.39 is 0 Å². The molecule has 0 bridgehead atoms. The predicted octanol–water partition coefficient (Wildman–Crippen LogP) is 0.0343. The standard InChI is InChI=1S/C22H27N3O3/c1-16-4-3-5-18(12-16)14-24-8-10-25(11-9-24)17(2)22(26)23-19-6-7-20-21(13-19)28-15-27-20/h3-7,12-13,17H,8-11,14-15H2,1-2H3,(H,23,26)/p+2/t17-/m1/s1. The van der Waals surface area contributed by atoms with Crippen LogP contribution in [0.1, 0.15) is 18.1 Å². The van der Waals surface area contributed by atoms with Gasteiger partial charge in [0.25, 0.3) is 5.91 Å². The summed E-state index contributed by atoms with van der Waals surface area (Å²) in [4.78, 5) is 15.7. The molecule has 0 radical (unpaired) electrons. The number of ether oxygens (including phenoxy) is 2. The molecule has 2 heterocycles. The molecule has 4 rings (SSSR count). The largest absolute Gasteiger partial charge is 0.454 e. The van der Waals surface area contributed by atoms with Gasteiger partial charge in [-0.05, 0) is 26.0 Å². The lowest BCUT2D eigenvalue weighted by molar-refractivity contribution is -1.02. The Morgan fingerprint density at radius 3 is 2.64 bits per heavy atom. The summed E-state index contributed by atoms with van der Waals surface area (Å²) >= 11 is 0. The lowest BCUT2D eigenvalue weighted by atomic mass is 10.1. The van der Waals surface area contributed by atoms with Crippen LogP contribution in [0.3, 0.4) is 0 Å². The number of quaternary nitrogens is 2. The Balaban J connectivity index is 1.28. The van der Waals surface area contributed by atoms with Gasteiger partial charge in [-0.3, -0.25) is 4.79 Å². The molecule has 0 aliphatic carbocycles. The first-order valence-electron chi connectivity index (χ1n) is 10.0. The average molecular weight is 383 g/mol. The quantitative estimate of drug-likeness (QED) is 0.683. The van der Waals surface area contributed by atoms with Gasteiger partial charge in [0.2, 0.25) is 6.79 Å². The smallest absolute Gasteiger partial charge is 0.282 e. The van der Waals surface area contributed by atoms with Gasteiger partial charge in [-0.25, -0.2) is 0 Å². The van der Waals surface area contributed by atoms with Gasteiger partial charge in [0.05, 0.1) is 0 Å². The Bertz CT molecular complexity index is 847. The van der Waals surface area contributed by atoms with E-state index in [1.54, 1.807) is 4.90 Å². The number of carbonyl (C=O) groups excluding carboxylic acids is 1. The van der Waals surface area contributed by atoms with Gasteiger partial charge in [-0.2, -0.15) is 0 Å². The van der Waals surface area contributed by atoms with Crippen molar-refractivity contribution in [3.63, 3.8) is 0 Å². The van der Waals surface area contributed by atoms with Gasteiger partial charge in [0, 0.05) is 17.3 Å². The molecule has 1 fully saturated rings. The molecule has 148 valence electrons. The molecule has 1 amide bonds. The van der Waals surface area contributed by atoms with Crippen molar-refractivity contribution in [1.82, 2.24) is 0 Å². The fraction of sp³-hybridized carbons (Fsp3) is 0.409. The third-order valence-electron chi connectivity index (χ3n) is 5.78. The molecule has 6 heteroatoms. The second-order valence-corrected chi connectivity index (χ2v) is 7.85. The Labute approximate surface area is 166 Å². The zero-order chi connectivity index (χ0) is 19.5. The summed E-state index contributed by atoms with van der Waals surface area (Å²) in [6, 6.07) is 14.2. The number of hydrogen-bond donors (Lipinski definition) is 3. The van der Waals surface area contributed by atoms with E-state index in [-0.39, 0.29) is 18.7 Å². The molecule has 0 spiro atoms. The van der Waals surface area contributed by atoms with Crippen LogP contribution in [-0.4, -0.2) is 44.9 Å². The van der Waals surface area contributed by atoms with Gasteiger partial charge in [0.1, 0.15) is 32.7 Å². The van der Waals surface area contributed by atoms with Crippen molar-refractivity contribution < 1.29 is 24.1 Å². The second-order valence-electron chi connectivity index (χ2n) is 7.85. The average Bonchev–Trinajstić information content (AvgIpc) is 3.16. The minimum atomic E-state index is -0.0778. The normalized spacial score (nSPS) is 21.9. The van der Waals surface area contributed by atoms with Crippen LogP contribution in [0.2, 0.25) is 0 Å². The van der Waals surface area contributed by atoms with Crippen LogP contribution in [-0.2, 0) is 11.3 Å². The SMILES string of the molecule is Cc1cccc(C[NH+]2CC[NH+]([C@H](C)C(=O)Nc3ccc4c(c3)OCO4)CC2)c1. The molecule has 1 atom stereocenters. The van der Waals surface area contributed by atoms with E-state index in [2.05, 4.69) is 36.5 Å². The van der Waals surface area contributed by atoms with Crippen molar-refractivity contribution in [2.45, 2.75) is 26.4 Å². The van der Waals surface area contributed by atoms with E-state index in [0.29, 0.717) is 5.75 Å². The van der Waals surface area contributed by atoms with E-state index in [1.165, 1.54) is 16.0 Å². The fourth-order valence-electron chi connectivity index (χ4n) is 4.06. The molecule has 1 saturated heterocycles. The van der Waals surface area contributed by atoms with E-state index in [4.69, 9.17) is 9.47 Å². The zero-order valence-corrected chi connectivity index (χ0v) is 16.6. The lowest BCUT2D eigenvalue weighted by Gasteiger charge is -2.32. The minimum Gasteiger partial charge on any atom is -0.454 e. The molecule has 2 aliphatic heterocycles. The van der Waals surface area contributed by atoms with Crippen molar-refractivity contribution in [3.05, 3.63) is 53.6 Å². The summed E-state index contributed by atoms with van der Waals surface area (Å²) in [5, 5.41) is 3.02. The van der Waals surface area contributed by atoms with E-state index in [9.17, 15) is 4.79 Å². The van der Waals surface area contributed by atoms with E-state index in [1.807, 2.05) is 25.1 Å². The van der Waals surface area contributed by atoms with Crippen molar-refractivity contribution >= 4 is 11.6 Å². The number of piperazine rings is 1. The van der Waals surface area contributed by atoms with Gasteiger partial charge in [-0.15, -0.1) is 0 Å². The first kappa shape index (κ1) is 18.8. The number of fused-ring (bicyclic) bond motifs is 1. The highest BCUT2D eigenvalue weighted by Gasteiger charge is 2.31. The summed E-state index contributed by atoms with van der Waals surface area (Å²) in [6.07, 6.45) is 0. The highest BCUT2D eigenvalue weighted by Crippen LogP contribution is 2.34. The molecule has 2 aliphatic rings. The van der Waals surface area contributed by atoms with Crippen LogP contribution in [0.5, 0.6) is 11.5 Å². The summed E-state index contributed by atoms with van der Waals surface area (Å²) in [5.74, 6) is 1.46. The van der Waals surface area contributed by atoms with Crippen LogP contribution in [0.15, 0.2) is 42.5 Å². The lowest BCUT2D eigenvalue weighted by Crippen LogP contribution is -3.29. The Morgan fingerprint density at radius 2 is 1.86 bits per heavy atom. The molecule has 28 heavy (non-hydrogen) atoms. The van der Waals surface area contributed by atoms with Gasteiger partial charge in [-0.1, -0.05) is 29.8 Å². The third-order valence-corrected chi connectivity index (χ3v) is 5.78. The molecule has 6 nitrogen and oxygen atoms in total. The van der Waals surface area contributed by atoms with Crippen molar-refractivity contribution in [2.24, 2.45) is 0 Å². The highest BCUT2D eigenvalue weighted by atomic mass is 16.7. The van der Waals surface area contributed by atoms with Crippen LogP contribution in [0, 0.1) is 6.92 Å². The van der Waals surface area contributed by atoms with Crippen molar-refractivity contribution in [3.8, 4) is 11.5 Å². The van der Waals surface area contributed by atoms with Crippen LogP contribution >= 0.6 is 0 Å². The number of anilines is 1. The molecule has 0 aromatic heterocycles. The number of benzene rings is 2. The Kier molecular flexibility index (Phi) is 5.50. The third kappa shape index (κ3) is 4.29. The fourth-order valence-corrected chi connectivity index (χ4v) is 4.06. The van der Waals surface area contributed by atoms with Crippen molar-refractivity contribution in [1.29, 1.82) is 0 Å². The number of rotatable bonds is 5.